The molecule has 0 radical (unpaired) electrons. The molecule has 8 heteroatoms. The summed E-state index contributed by atoms with van der Waals surface area (Å²) in [7, 11) is 3.35. The number of ether oxygens (including phenoxy) is 2. The van der Waals surface area contributed by atoms with Crippen LogP contribution in [0.5, 0.6) is 11.5 Å². The van der Waals surface area contributed by atoms with E-state index in [4.69, 9.17) is 9.47 Å². The smallest absolute Gasteiger partial charge is 0.173 e. The van der Waals surface area contributed by atoms with E-state index in [0.29, 0.717) is 5.75 Å². The van der Waals surface area contributed by atoms with Gasteiger partial charge in [-0.3, -0.25) is 4.90 Å². The molecule has 0 N–H and O–H groups in total. The lowest BCUT2D eigenvalue weighted by molar-refractivity contribution is 0.183. The maximum Gasteiger partial charge on any atom is 0.173 e. The first kappa shape index (κ1) is 23.0. The van der Waals surface area contributed by atoms with Crippen molar-refractivity contribution >= 4 is 5.69 Å². The van der Waals surface area contributed by atoms with E-state index in [-0.39, 0.29) is 11.6 Å². The number of nitrogens with zero attached hydrogens (tertiary/aromatic N) is 6. The maximum atomic E-state index is 5.84. The third-order valence-corrected chi connectivity index (χ3v) is 6.71. The monoisotopic (exact) mass is 450 g/mol. The number of anilines is 1. The van der Waals surface area contributed by atoms with Crippen molar-refractivity contribution in [3.8, 4) is 11.5 Å². The van der Waals surface area contributed by atoms with Gasteiger partial charge in [0, 0.05) is 37.4 Å². The highest BCUT2D eigenvalue weighted by Gasteiger charge is 2.36. The molecule has 33 heavy (non-hydrogen) atoms. The highest BCUT2D eigenvalue weighted by atomic mass is 16.5. The Labute approximate surface area is 196 Å². The fourth-order valence-corrected chi connectivity index (χ4v) is 4.45. The molecular formula is C25H34N6O2. The van der Waals surface area contributed by atoms with Crippen LogP contribution in [-0.4, -0.2) is 65.5 Å². The zero-order valence-corrected chi connectivity index (χ0v) is 20.2. The van der Waals surface area contributed by atoms with E-state index in [1.807, 2.05) is 16.8 Å². The Kier molecular flexibility index (Phi) is 6.83. The zero-order chi connectivity index (χ0) is 23.4. The van der Waals surface area contributed by atoms with Gasteiger partial charge in [0.05, 0.1) is 19.8 Å². The number of benzene rings is 2. The van der Waals surface area contributed by atoms with Gasteiger partial charge in [0.15, 0.2) is 17.3 Å². The van der Waals surface area contributed by atoms with E-state index in [2.05, 4.69) is 82.5 Å². The number of para-hydroxylation sites is 2. The van der Waals surface area contributed by atoms with Gasteiger partial charge in [-0.25, -0.2) is 4.68 Å². The number of hydrogen-bond donors (Lipinski definition) is 0. The summed E-state index contributed by atoms with van der Waals surface area (Å²) in [6.45, 7) is 10.1. The van der Waals surface area contributed by atoms with E-state index in [1.54, 1.807) is 14.2 Å². The topological polar surface area (TPSA) is 68.5 Å². The number of piperazine rings is 1. The van der Waals surface area contributed by atoms with Crippen LogP contribution in [0.4, 0.5) is 5.69 Å². The summed E-state index contributed by atoms with van der Waals surface area (Å²) in [6, 6.07) is 16.4. The predicted octanol–water partition coefficient (Wildman–Crippen LogP) is 3.75. The van der Waals surface area contributed by atoms with Gasteiger partial charge in [0.25, 0.3) is 0 Å². The van der Waals surface area contributed by atoms with Gasteiger partial charge < -0.3 is 14.4 Å². The van der Waals surface area contributed by atoms with Gasteiger partial charge in [-0.15, -0.1) is 5.10 Å². The molecule has 1 aliphatic rings. The van der Waals surface area contributed by atoms with Crippen molar-refractivity contribution in [2.45, 2.75) is 38.8 Å². The molecule has 0 bridgehead atoms. The minimum Gasteiger partial charge on any atom is -0.493 e. The average molecular weight is 451 g/mol. The van der Waals surface area contributed by atoms with Crippen LogP contribution >= 0.6 is 0 Å². The van der Waals surface area contributed by atoms with Crippen LogP contribution in [0.2, 0.25) is 0 Å². The molecule has 1 saturated heterocycles. The minimum absolute atomic E-state index is 0.159. The van der Waals surface area contributed by atoms with Crippen LogP contribution in [0.25, 0.3) is 0 Å². The van der Waals surface area contributed by atoms with Crippen LogP contribution in [0, 0.1) is 0 Å². The summed E-state index contributed by atoms with van der Waals surface area (Å²) in [5, 5.41) is 13.0. The van der Waals surface area contributed by atoms with Gasteiger partial charge in [0.2, 0.25) is 0 Å². The first-order valence-corrected chi connectivity index (χ1v) is 11.5. The number of rotatable bonds is 8. The van der Waals surface area contributed by atoms with E-state index < -0.39 is 0 Å². The molecule has 0 unspecified atom stereocenters. The molecule has 0 saturated carbocycles. The molecule has 1 fully saturated rings. The largest absolute Gasteiger partial charge is 0.493 e. The molecule has 1 atom stereocenters. The lowest BCUT2D eigenvalue weighted by Gasteiger charge is -2.40. The van der Waals surface area contributed by atoms with Gasteiger partial charge in [-0.1, -0.05) is 37.3 Å². The first-order chi connectivity index (χ1) is 16.0. The molecule has 176 valence electrons. The summed E-state index contributed by atoms with van der Waals surface area (Å²) >= 11 is 0. The summed E-state index contributed by atoms with van der Waals surface area (Å²) in [4.78, 5) is 4.87. The van der Waals surface area contributed by atoms with Crippen LogP contribution in [0.1, 0.15) is 44.6 Å². The van der Waals surface area contributed by atoms with Gasteiger partial charge in [-0.05, 0) is 48.9 Å². The van der Waals surface area contributed by atoms with Crippen LogP contribution in [0.3, 0.4) is 0 Å². The van der Waals surface area contributed by atoms with E-state index in [0.717, 1.165) is 49.7 Å². The van der Waals surface area contributed by atoms with Crippen molar-refractivity contribution in [1.29, 1.82) is 0 Å². The van der Waals surface area contributed by atoms with Crippen molar-refractivity contribution in [3.63, 3.8) is 0 Å². The second-order valence-electron chi connectivity index (χ2n) is 8.96. The quantitative estimate of drug-likeness (QED) is 0.518. The first-order valence-electron chi connectivity index (χ1n) is 11.5. The van der Waals surface area contributed by atoms with Gasteiger partial charge in [0.1, 0.15) is 6.04 Å². The van der Waals surface area contributed by atoms with Crippen molar-refractivity contribution in [3.05, 3.63) is 59.9 Å². The number of aromatic nitrogens is 4. The third kappa shape index (κ3) is 4.53. The highest BCUT2D eigenvalue weighted by molar-refractivity contribution is 5.50. The van der Waals surface area contributed by atoms with Crippen LogP contribution in [0.15, 0.2) is 48.5 Å². The SMILES string of the molecule is CCC(C)(C)n1nnnc1[C@@H](c1cccc(OC)c1OC)N1CCN(c2ccccc2)CC1. The van der Waals surface area contributed by atoms with Crippen LogP contribution in [-0.2, 0) is 5.54 Å². The molecule has 2 heterocycles. The Morgan fingerprint density at radius 3 is 2.30 bits per heavy atom. The molecular weight excluding hydrogens is 416 g/mol. The minimum atomic E-state index is -0.213. The van der Waals surface area contributed by atoms with Crippen molar-refractivity contribution < 1.29 is 9.47 Å². The van der Waals surface area contributed by atoms with Crippen molar-refractivity contribution in [1.82, 2.24) is 25.1 Å². The second kappa shape index (κ2) is 9.79. The van der Waals surface area contributed by atoms with E-state index in [1.165, 1.54) is 5.69 Å². The highest BCUT2D eigenvalue weighted by Crippen LogP contribution is 2.40. The predicted molar refractivity (Wildman–Crippen MR) is 129 cm³/mol. The zero-order valence-electron chi connectivity index (χ0n) is 20.2. The summed E-state index contributed by atoms with van der Waals surface area (Å²) in [5.74, 6) is 2.25. The fourth-order valence-electron chi connectivity index (χ4n) is 4.45. The molecule has 1 aromatic heterocycles. The molecule has 1 aliphatic heterocycles. The normalized spacial score (nSPS) is 16.0. The molecule has 3 aromatic rings. The summed E-state index contributed by atoms with van der Waals surface area (Å²) in [6.07, 6.45) is 0.911. The lowest BCUT2D eigenvalue weighted by Crippen LogP contribution is -2.49. The Bertz CT molecular complexity index is 1040. The summed E-state index contributed by atoms with van der Waals surface area (Å²) in [5.41, 5.74) is 2.05. The maximum absolute atomic E-state index is 5.84. The standard InChI is InChI=1S/C25H34N6O2/c1-6-25(2,3)31-24(26-27-28-31)22(20-13-10-14-21(32-4)23(20)33-5)30-17-15-29(16-18-30)19-11-8-7-9-12-19/h7-14,22H,6,15-18H2,1-5H3/t22-/m1/s1. The average Bonchev–Trinajstić information content (AvgIpc) is 3.35. The molecule has 4 rings (SSSR count). The number of methoxy groups -OCH3 is 2. The Morgan fingerprint density at radius 1 is 0.939 bits per heavy atom. The number of hydrogen-bond acceptors (Lipinski definition) is 7. The Hall–Kier alpha value is -3.13. The van der Waals surface area contributed by atoms with Crippen molar-refractivity contribution in [2.24, 2.45) is 0 Å². The number of tetrazole rings is 1. The van der Waals surface area contributed by atoms with Crippen molar-refractivity contribution in [2.75, 3.05) is 45.3 Å². The molecule has 0 amide bonds. The van der Waals surface area contributed by atoms with E-state index in [9.17, 15) is 0 Å². The fraction of sp³-hybridized carbons (Fsp3) is 0.480. The molecule has 8 nitrogen and oxygen atoms in total. The Balaban J connectivity index is 1.74. The third-order valence-electron chi connectivity index (χ3n) is 6.71. The second-order valence-corrected chi connectivity index (χ2v) is 8.96. The van der Waals surface area contributed by atoms with Gasteiger partial charge in [-0.2, -0.15) is 0 Å². The molecule has 0 spiro atoms. The Morgan fingerprint density at radius 2 is 1.67 bits per heavy atom. The van der Waals surface area contributed by atoms with Gasteiger partial charge >= 0.3 is 0 Å². The lowest BCUT2D eigenvalue weighted by atomic mass is 9.98. The summed E-state index contributed by atoms with van der Waals surface area (Å²) < 4.78 is 13.4. The molecule has 0 aliphatic carbocycles. The van der Waals surface area contributed by atoms with Crippen LogP contribution < -0.4 is 14.4 Å². The molecule has 2 aromatic carbocycles. The van der Waals surface area contributed by atoms with E-state index >= 15 is 0 Å².